The molecule has 19 heteroatoms. The van der Waals surface area contributed by atoms with Crippen molar-refractivity contribution in [2.75, 3.05) is 49.5 Å². The Morgan fingerprint density at radius 1 is 1.00 bits per heavy atom. The van der Waals surface area contributed by atoms with Crippen LogP contribution in [-0.2, 0) is 30.1 Å². The number of benzene rings is 2. The molecule has 0 radical (unpaired) electrons. The first-order chi connectivity index (χ1) is 27.3. The number of carbonyl (C=O) groups excluding carboxylic acids is 4. The second-order valence-corrected chi connectivity index (χ2v) is 15.9. The van der Waals surface area contributed by atoms with E-state index in [9.17, 15) is 50.8 Å². The molecule has 1 saturated carbocycles. The largest absolute Gasteiger partial charge is 0.417 e. The van der Waals surface area contributed by atoms with Gasteiger partial charge in [-0.2, -0.15) is 31.6 Å². The highest BCUT2D eigenvalue weighted by Crippen LogP contribution is 2.41. The molecule has 1 aliphatic carbocycles. The minimum absolute atomic E-state index is 0.00158. The van der Waals surface area contributed by atoms with Crippen molar-refractivity contribution >= 4 is 52.3 Å². The van der Waals surface area contributed by atoms with E-state index in [1.165, 1.54) is 12.1 Å². The van der Waals surface area contributed by atoms with Crippen LogP contribution < -0.4 is 15.5 Å². The molecule has 4 amide bonds. The van der Waals surface area contributed by atoms with Gasteiger partial charge in [-0.1, -0.05) is 12.1 Å². The highest BCUT2D eigenvalue weighted by molar-refractivity contribution is 7.80. The number of halogens is 6. The molecule has 3 heterocycles. The maximum Gasteiger partial charge on any atom is 0.417 e. The van der Waals surface area contributed by atoms with Gasteiger partial charge < -0.3 is 15.0 Å². The number of alkyl halides is 6. The number of imide groups is 1. The molecule has 0 spiro atoms. The van der Waals surface area contributed by atoms with Crippen LogP contribution in [0.5, 0.6) is 0 Å². The maximum atomic E-state index is 14.2. The van der Waals surface area contributed by atoms with Crippen molar-refractivity contribution in [1.29, 1.82) is 5.26 Å². The molecule has 6 rings (SSSR count). The number of piperazine rings is 1. The minimum atomic E-state index is -4.81. The van der Waals surface area contributed by atoms with Gasteiger partial charge >= 0.3 is 12.4 Å². The summed E-state index contributed by atoms with van der Waals surface area (Å²) >= 11 is 5.67. The molecule has 2 N–H and O–H groups in total. The summed E-state index contributed by atoms with van der Waals surface area (Å²) in [5.41, 5.74) is -1.95. The topological polar surface area (TPSA) is 138 Å². The highest BCUT2D eigenvalue weighted by Gasteiger charge is 2.53. The van der Waals surface area contributed by atoms with Gasteiger partial charge in [0, 0.05) is 44.3 Å². The quantitative estimate of drug-likeness (QED) is 0.184. The summed E-state index contributed by atoms with van der Waals surface area (Å²) < 4.78 is 89.9. The summed E-state index contributed by atoms with van der Waals surface area (Å²) in [7, 11) is 0. The monoisotopic (exact) mass is 835 g/mol. The van der Waals surface area contributed by atoms with Gasteiger partial charge in [-0.25, -0.2) is 0 Å². The molecule has 0 aromatic heterocycles. The van der Waals surface area contributed by atoms with E-state index >= 15 is 0 Å². The second-order valence-electron chi connectivity index (χ2n) is 15.5. The molecule has 3 saturated heterocycles. The van der Waals surface area contributed by atoms with Gasteiger partial charge in [-0.15, -0.1) is 0 Å². The van der Waals surface area contributed by atoms with E-state index < -0.39 is 65.2 Å². The molecule has 1 unspecified atom stereocenters. The summed E-state index contributed by atoms with van der Waals surface area (Å²) in [5.74, 6) is -2.35. The Bertz CT molecular complexity index is 1960. The number of amides is 4. The van der Waals surface area contributed by atoms with Gasteiger partial charge in [0.2, 0.25) is 17.7 Å². The Balaban J connectivity index is 0.970. The van der Waals surface area contributed by atoms with E-state index in [4.69, 9.17) is 17.0 Å². The number of ether oxygens (including phenoxy) is 1. The SMILES string of the molecule is CC1(C)C(=O)N(c2ccc(C#N)c(C(F)(F)F)c2)C(=S)N1C1CCC(OCCN2CCN(CC(=O)Nc3ccc(C4CCC(=O)NC4=O)cc3)[C@@H](C(F)(F)F)C2)CC1. The Kier molecular flexibility index (Phi) is 12.5. The van der Waals surface area contributed by atoms with Gasteiger partial charge in [-0.05, 0) is 94.1 Å². The zero-order valence-corrected chi connectivity index (χ0v) is 32.6. The summed E-state index contributed by atoms with van der Waals surface area (Å²) in [4.78, 5) is 55.6. The fourth-order valence-electron chi connectivity index (χ4n) is 8.25. The van der Waals surface area contributed by atoms with Crippen LogP contribution in [0.1, 0.15) is 75.0 Å². The number of hydrogen-bond acceptors (Lipinski definition) is 9. The van der Waals surface area contributed by atoms with Crippen LogP contribution in [0.4, 0.5) is 37.7 Å². The summed E-state index contributed by atoms with van der Waals surface area (Å²) in [6.45, 7) is 3.19. The first-order valence-electron chi connectivity index (χ1n) is 19.0. The molecular weight excluding hydrogens is 793 g/mol. The van der Waals surface area contributed by atoms with Gasteiger partial charge in [0.05, 0.1) is 48.1 Å². The maximum absolute atomic E-state index is 14.2. The van der Waals surface area contributed by atoms with Crippen LogP contribution in [0, 0.1) is 11.3 Å². The van der Waals surface area contributed by atoms with Crippen molar-refractivity contribution in [2.24, 2.45) is 0 Å². The molecule has 12 nitrogen and oxygen atoms in total. The lowest BCUT2D eigenvalue weighted by atomic mass is 9.89. The average Bonchev–Trinajstić information content (AvgIpc) is 3.33. The zero-order valence-electron chi connectivity index (χ0n) is 31.8. The predicted octanol–water partition coefficient (Wildman–Crippen LogP) is 5.32. The number of hydrogen-bond donors (Lipinski definition) is 2. The van der Waals surface area contributed by atoms with Crippen molar-refractivity contribution in [2.45, 2.75) is 94.4 Å². The van der Waals surface area contributed by atoms with Crippen LogP contribution in [-0.4, -0.2) is 113 Å². The molecule has 4 fully saturated rings. The van der Waals surface area contributed by atoms with Crippen LogP contribution in [0.25, 0.3) is 0 Å². The normalized spacial score (nSPS) is 24.8. The van der Waals surface area contributed by atoms with E-state index in [1.54, 1.807) is 47.9 Å². The van der Waals surface area contributed by atoms with Gasteiger partial charge in [0.1, 0.15) is 11.6 Å². The third-order valence-electron chi connectivity index (χ3n) is 11.3. The molecule has 3 aliphatic heterocycles. The average molecular weight is 836 g/mol. The lowest BCUT2D eigenvalue weighted by Crippen LogP contribution is -2.60. The Labute approximate surface area is 336 Å². The van der Waals surface area contributed by atoms with E-state index in [-0.39, 0.29) is 68.1 Å². The predicted molar refractivity (Wildman–Crippen MR) is 202 cm³/mol. The van der Waals surface area contributed by atoms with E-state index in [0.29, 0.717) is 43.4 Å². The highest BCUT2D eigenvalue weighted by atomic mass is 32.1. The Hall–Kier alpha value is -4.64. The fraction of sp³-hybridized carbons (Fsp3) is 0.538. The molecule has 4 aliphatic rings. The molecule has 2 aromatic carbocycles. The number of thiocarbonyl (C=S) groups is 1. The van der Waals surface area contributed by atoms with E-state index in [2.05, 4.69) is 10.6 Å². The number of nitrogens with one attached hydrogen (secondary N) is 2. The molecular formula is C39H43F6N7O5S. The molecule has 58 heavy (non-hydrogen) atoms. The first kappa shape index (κ1) is 43.0. The van der Waals surface area contributed by atoms with E-state index in [1.807, 2.05) is 0 Å². The van der Waals surface area contributed by atoms with Crippen molar-refractivity contribution in [3.8, 4) is 6.07 Å². The number of piperidine rings is 1. The third kappa shape index (κ3) is 9.30. The van der Waals surface area contributed by atoms with Crippen molar-refractivity contribution in [3.63, 3.8) is 0 Å². The smallest absolute Gasteiger partial charge is 0.377 e. The molecule has 312 valence electrons. The first-order valence-corrected chi connectivity index (χ1v) is 19.4. The number of carbonyl (C=O) groups is 4. The van der Waals surface area contributed by atoms with Gasteiger partial charge in [0.25, 0.3) is 5.91 Å². The minimum Gasteiger partial charge on any atom is -0.377 e. The van der Waals surface area contributed by atoms with Crippen LogP contribution in [0.2, 0.25) is 0 Å². The second kappa shape index (κ2) is 16.9. The summed E-state index contributed by atoms with van der Waals surface area (Å²) in [6, 6.07) is 8.90. The molecule has 2 aromatic rings. The Morgan fingerprint density at radius 2 is 1.69 bits per heavy atom. The number of nitrogens with zero attached hydrogens (tertiary/aromatic N) is 5. The van der Waals surface area contributed by atoms with Crippen LogP contribution >= 0.6 is 12.2 Å². The van der Waals surface area contributed by atoms with Gasteiger partial charge in [0.15, 0.2) is 5.11 Å². The summed E-state index contributed by atoms with van der Waals surface area (Å²) in [6.07, 6.45) is -6.80. The summed E-state index contributed by atoms with van der Waals surface area (Å²) in [5, 5.41) is 14.2. The number of nitriles is 1. The number of rotatable bonds is 10. The Morgan fingerprint density at radius 3 is 2.31 bits per heavy atom. The third-order valence-corrected chi connectivity index (χ3v) is 11.7. The van der Waals surface area contributed by atoms with Crippen molar-refractivity contribution in [3.05, 3.63) is 59.2 Å². The lowest BCUT2D eigenvalue weighted by molar-refractivity contribution is -0.197. The van der Waals surface area contributed by atoms with Gasteiger partial charge in [-0.3, -0.25) is 39.2 Å². The van der Waals surface area contributed by atoms with E-state index in [0.717, 1.165) is 21.9 Å². The standard InChI is InChI=1S/C39H43F6N7O5S/c1-37(2)35(56)51(27-8-5-24(20-46)30(19-27)38(40,41)42)36(58)52(37)26-9-11-28(12-10-26)57-18-17-49-15-16-50(31(21-49)39(43,44)45)22-33(54)47-25-6-3-23(4-7-25)29-13-14-32(53)48-34(29)55/h3-8,19,26,28-29,31H,9-18,21-22H2,1-2H3,(H,47,54)(H,48,53,55)/t26?,28?,29?,31-/m1/s1. The molecule has 0 bridgehead atoms. The van der Waals surface area contributed by atoms with Crippen molar-refractivity contribution in [1.82, 2.24) is 20.0 Å². The van der Waals surface area contributed by atoms with Crippen LogP contribution in [0.3, 0.4) is 0 Å². The molecule has 2 atom stereocenters. The zero-order chi connectivity index (χ0) is 42.2. The lowest BCUT2D eigenvalue weighted by Gasteiger charge is -2.42. The van der Waals surface area contributed by atoms with Crippen molar-refractivity contribution < 1.29 is 50.3 Å². The fourth-order valence-corrected chi connectivity index (χ4v) is 8.81. The number of anilines is 2. The van der Waals surface area contributed by atoms with Crippen LogP contribution in [0.15, 0.2) is 42.5 Å².